The summed E-state index contributed by atoms with van der Waals surface area (Å²) in [6, 6.07) is 8.01. The van der Waals surface area contributed by atoms with Gasteiger partial charge in [0.25, 0.3) is 0 Å². The zero-order valence-electron chi connectivity index (χ0n) is 13.4. The highest BCUT2D eigenvalue weighted by Crippen LogP contribution is 2.40. The van der Waals surface area contributed by atoms with Gasteiger partial charge in [-0.2, -0.15) is 0 Å². The van der Waals surface area contributed by atoms with E-state index in [0.717, 1.165) is 37.1 Å². The van der Waals surface area contributed by atoms with Crippen LogP contribution in [0.2, 0.25) is 0 Å². The second kappa shape index (κ2) is 6.11. The lowest BCUT2D eigenvalue weighted by Gasteiger charge is -2.30. The Morgan fingerprint density at radius 3 is 2.55 bits per heavy atom. The number of likely N-dealkylation sites (tertiary alicyclic amines) is 2. The van der Waals surface area contributed by atoms with Gasteiger partial charge in [-0.3, -0.25) is 9.59 Å². The molecule has 4 nitrogen and oxygen atoms in total. The lowest BCUT2D eigenvalue weighted by molar-refractivity contribution is -0.135. The number of carbonyl (C=O) groups is 2. The van der Waals surface area contributed by atoms with Crippen molar-refractivity contribution < 1.29 is 9.59 Å². The van der Waals surface area contributed by atoms with Gasteiger partial charge in [-0.1, -0.05) is 24.3 Å². The molecule has 2 amide bonds. The molecule has 1 aromatic rings. The number of aryl methyl sites for hydroxylation is 1. The van der Waals surface area contributed by atoms with Gasteiger partial charge >= 0.3 is 0 Å². The van der Waals surface area contributed by atoms with E-state index in [0.29, 0.717) is 13.0 Å². The average molecular weight is 300 g/mol. The van der Waals surface area contributed by atoms with Crippen molar-refractivity contribution in [2.75, 3.05) is 19.6 Å². The molecule has 1 aromatic carbocycles. The molecule has 2 heterocycles. The van der Waals surface area contributed by atoms with Gasteiger partial charge in [-0.15, -0.1) is 0 Å². The third-order valence-electron chi connectivity index (χ3n) is 5.01. The second-order valence-corrected chi connectivity index (χ2v) is 6.32. The van der Waals surface area contributed by atoms with E-state index >= 15 is 0 Å². The lowest BCUT2D eigenvalue weighted by atomic mass is 9.90. The SMILES string of the molecule is CCN1C(=O)C[C@@H](C(=O)N2CCCC2)[C@@H]1c1ccccc1C. The minimum Gasteiger partial charge on any atom is -0.342 e. The van der Waals surface area contributed by atoms with Crippen LogP contribution in [0, 0.1) is 12.8 Å². The van der Waals surface area contributed by atoms with E-state index in [1.807, 2.05) is 28.9 Å². The molecule has 2 aliphatic heterocycles. The summed E-state index contributed by atoms with van der Waals surface area (Å²) in [6.45, 7) is 6.39. The van der Waals surface area contributed by atoms with E-state index in [1.165, 1.54) is 0 Å². The maximum atomic E-state index is 12.9. The van der Waals surface area contributed by atoms with E-state index in [4.69, 9.17) is 0 Å². The predicted octanol–water partition coefficient (Wildman–Crippen LogP) is 2.53. The molecule has 2 fully saturated rings. The van der Waals surface area contributed by atoms with Crippen LogP contribution in [-0.4, -0.2) is 41.2 Å². The Morgan fingerprint density at radius 1 is 1.23 bits per heavy atom. The molecule has 0 aromatic heterocycles. The van der Waals surface area contributed by atoms with Gasteiger partial charge in [-0.05, 0) is 37.8 Å². The van der Waals surface area contributed by atoms with Crippen LogP contribution in [0.1, 0.15) is 43.4 Å². The summed E-state index contributed by atoms with van der Waals surface area (Å²) in [4.78, 5) is 29.1. The van der Waals surface area contributed by atoms with Crippen LogP contribution >= 0.6 is 0 Å². The van der Waals surface area contributed by atoms with Gasteiger partial charge in [0.15, 0.2) is 0 Å². The second-order valence-electron chi connectivity index (χ2n) is 6.32. The maximum Gasteiger partial charge on any atom is 0.228 e. The molecule has 0 bridgehead atoms. The van der Waals surface area contributed by atoms with Gasteiger partial charge in [0, 0.05) is 26.1 Å². The largest absolute Gasteiger partial charge is 0.342 e. The van der Waals surface area contributed by atoms with Crippen LogP contribution in [0.5, 0.6) is 0 Å². The maximum absolute atomic E-state index is 12.9. The fraction of sp³-hybridized carbons (Fsp3) is 0.556. The number of nitrogens with zero attached hydrogens (tertiary/aromatic N) is 2. The molecular formula is C18H24N2O2. The number of carbonyl (C=O) groups excluding carboxylic acids is 2. The van der Waals surface area contributed by atoms with E-state index in [-0.39, 0.29) is 23.8 Å². The third-order valence-corrected chi connectivity index (χ3v) is 5.01. The first-order valence-electron chi connectivity index (χ1n) is 8.27. The van der Waals surface area contributed by atoms with Crippen molar-refractivity contribution in [3.8, 4) is 0 Å². The number of amides is 2. The monoisotopic (exact) mass is 300 g/mol. The molecule has 0 spiro atoms. The Balaban J connectivity index is 1.95. The summed E-state index contributed by atoms with van der Waals surface area (Å²) >= 11 is 0. The van der Waals surface area contributed by atoms with Crippen molar-refractivity contribution >= 4 is 11.8 Å². The summed E-state index contributed by atoms with van der Waals surface area (Å²) in [5.74, 6) is 0.0370. The molecule has 2 atom stereocenters. The zero-order chi connectivity index (χ0) is 15.7. The molecule has 0 radical (unpaired) electrons. The molecule has 0 unspecified atom stereocenters. The van der Waals surface area contributed by atoms with E-state index in [9.17, 15) is 9.59 Å². The molecule has 118 valence electrons. The highest BCUT2D eigenvalue weighted by Gasteiger charge is 2.45. The summed E-state index contributed by atoms with van der Waals surface area (Å²) < 4.78 is 0. The van der Waals surface area contributed by atoms with Crippen LogP contribution in [0.4, 0.5) is 0 Å². The molecule has 0 saturated carbocycles. The minimum atomic E-state index is -0.230. The topological polar surface area (TPSA) is 40.6 Å². The van der Waals surface area contributed by atoms with Crippen molar-refractivity contribution in [1.29, 1.82) is 0 Å². The third kappa shape index (κ3) is 2.51. The van der Waals surface area contributed by atoms with Crippen molar-refractivity contribution in [2.24, 2.45) is 5.92 Å². The quantitative estimate of drug-likeness (QED) is 0.860. The predicted molar refractivity (Wildman–Crippen MR) is 85.2 cm³/mol. The molecule has 22 heavy (non-hydrogen) atoms. The van der Waals surface area contributed by atoms with Gasteiger partial charge in [-0.25, -0.2) is 0 Å². The Morgan fingerprint density at radius 2 is 1.91 bits per heavy atom. The van der Waals surface area contributed by atoms with Crippen molar-refractivity contribution in [1.82, 2.24) is 9.80 Å². The van der Waals surface area contributed by atoms with Crippen LogP contribution < -0.4 is 0 Å². The number of hydrogen-bond donors (Lipinski definition) is 0. The van der Waals surface area contributed by atoms with Crippen molar-refractivity contribution in [3.05, 3.63) is 35.4 Å². The molecule has 3 rings (SSSR count). The van der Waals surface area contributed by atoms with Crippen LogP contribution in [0.3, 0.4) is 0 Å². The van der Waals surface area contributed by atoms with Gasteiger partial charge < -0.3 is 9.80 Å². The fourth-order valence-corrected chi connectivity index (χ4v) is 3.86. The first-order chi connectivity index (χ1) is 10.6. The number of hydrogen-bond acceptors (Lipinski definition) is 2. The van der Waals surface area contributed by atoms with E-state index in [1.54, 1.807) is 0 Å². The number of benzene rings is 1. The Bertz CT molecular complexity index is 578. The average Bonchev–Trinajstić information content (AvgIpc) is 3.14. The molecule has 2 aliphatic rings. The highest BCUT2D eigenvalue weighted by atomic mass is 16.2. The molecular weight excluding hydrogens is 276 g/mol. The van der Waals surface area contributed by atoms with Gasteiger partial charge in [0.1, 0.15) is 0 Å². The normalized spacial score (nSPS) is 25.1. The van der Waals surface area contributed by atoms with Gasteiger partial charge in [0.2, 0.25) is 11.8 Å². The van der Waals surface area contributed by atoms with Crippen LogP contribution in [-0.2, 0) is 9.59 Å². The smallest absolute Gasteiger partial charge is 0.228 e. The number of rotatable bonds is 3. The minimum absolute atomic E-state index is 0.105. The van der Waals surface area contributed by atoms with Crippen LogP contribution in [0.15, 0.2) is 24.3 Å². The summed E-state index contributed by atoms with van der Waals surface area (Å²) in [5, 5.41) is 0. The fourth-order valence-electron chi connectivity index (χ4n) is 3.86. The summed E-state index contributed by atoms with van der Waals surface area (Å²) in [6.07, 6.45) is 2.51. The first kappa shape index (κ1) is 15.1. The summed E-state index contributed by atoms with van der Waals surface area (Å²) in [5.41, 5.74) is 2.27. The highest BCUT2D eigenvalue weighted by molar-refractivity contribution is 5.90. The Kier molecular flexibility index (Phi) is 4.19. The first-order valence-corrected chi connectivity index (χ1v) is 8.27. The van der Waals surface area contributed by atoms with E-state index in [2.05, 4.69) is 19.1 Å². The van der Waals surface area contributed by atoms with Crippen molar-refractivity contribution in [2.45, 2.75) is 39.2 Å². The standard InChI is InChI=1S/C18H24N2O2/c1-3-20-16(21)12-15(18(22)19-10-6-7-11-19)17(20)14-9-5-4-8-13(14)2/h4-5,8-9,15,17H,3,6-7,10-12H2,1-2H3/t15-,17+/m1/s1. The molecule has 0 N–H and O–H groups in total. The van der Waals surface area contributed by atoms with Crippen LogP contribution in [0.25, 0.3) is 0 Å². The molecule has 2 saturated heterocycles. The summed E-state index contributed by atoms with van der Waals surface area (Å²) in [7, 11) is 0. The Hall–Kier alpha value is -1.84. The van der Waals surface area contributed by atoms with E-state index < -0.39 is 0 Å². The van der Waals surface area contributed by atoms with Gasteiger partial charge in [0.05, 0.1) is 12.0 Å². The molecule has 0 aliphatic carbocycles. The Labute approximate surface area is 132 Å². The zero-order valence-corrected chi connectivity index (χ0v) is 13.4. The van der Waals surface area contributed by atoms with Crippen molar-refractivity contribution in [3.63, 3.8) is 0 Å². The molecule has 4 heteroatoms. The lowest BCUT2D eigenvalue weighted by Crippen LogP contribution is -2.37.